The molecule has 2 aromatic rings. The minimum absolute atomic E-state index is 0.141. The van der Waals surface area contributed by atoms with E-state index in [0.29, 0.717) is 18.1 Å². The molecule has 0 bridgehead atoms. The van der Waals surface area contributed by atoms with Gasteiger partial charge in [-0.2, -0.15) is 0 Å². The molecule has 5 nitrogen and oxygen atoms in total. The quantitative estimate of drug-likeness (QED) is 0.807. The number of benzene rings is 1. The van der Waals surface area contributed by atoms with E-state index in [0.717, 1.165) is 22.6 Å². The molecule has 24 heavy (non-hydrogen) atoms. The smallest absolute Gasteiger partial charge is 0.315 e. The van der Waals surface area contributed by atoms with Crippen LogP contribution >= 0.6 is 0 Å². The van der Waals surface area contributed by atoms with Crippen LogP contribution in [0.2, 0.25) is 0 Å². The van der Waals surface area contributed by atoms with E-state index in [1.165, 1.54) is 0 Å². The standard InChI is InChI=1S/C18H24N2O3S/c1-13-11-17(15(3)23-13)14(2)20-18(21)19-9-10-24(22)12-16-7-5-4-6-8-16/h4-8,11,14H,9-10,12H2,1-3H3,(H2,19,20,21)/t14-,24-/m0/s1. The number of carbonyl (C=O) groups excluding carboxylic acids is 1. The van der Waals surface area contributed by atoms with Crippen LogP contribution in [0, 0.1) is 13.8 Å². The van der Waals surface area contributed by atoms with E-state index in [1.807, 2.05) is 57.2 Å². The molecule has 2 N–H and O–H groups in total. The average Bonchev–Trinajstić information content (AvgIpc) is 2.87. The molecule has 0 saturated heterocycles. The highest BCUT2D eigenvalue weighted by Crippen LogP contribution is 2.20. The molecular formula is C18H24N2O3S. The Morgan fingerprint density at radius 3 is 2.58 bits per heavy atom. The SMILES string of the molecule is Cc1cc([C@H](C)NC(=O)NCC[S@](=O)Cc2ccccc2)c(C)o1. The highest BCUT2D eigenvalue weighted by Gasteiger charge is 2.14. The van der Waals surface area contributed by atoms with Crippen LogP contribution in [0.5, 0.6) is 0 Å². The molecule has 130 valence electrons. The number of hydrogen-bond acceptors (Lipinski definition) is 3. The molecule has 2 amide bonds. The maximum atomic E-state index is 12.0. The molecule has 0 unspecified atom stereocenters. The molecule has 1 aromatic heterocycles. The second-order valence-corrected chi connectivity index (χ2v) is 7.34. The van der Waals surface area contributed by atoms with E-state index in [-0.39, 0.29) is 12.1 Å². The van der Waals surface area contributed by atoms with E-state index in [1.54, 1.807) is 0 Å². The predicted molar refractivity (Wildman–Crippen MR) is 96.3 cm³/mol. The number of rotatable bonds is 7. The summed E-state index contributed by atoms with van der Waals surface area (Å²) in [5.74, 6) is 2.58. The van der Waals surface area contributed by atoms with Gasteiger partial charge in [0.25, 0.3) is 0 Å². The normalized spacial score (nSPS) is 13.3. The zero-order valence-electron chi connectivity index (χ0n) is 14.3. The minimum Gasteiger partial charge on any atom is -0.466 e. The number of urea groups is 1. The molecule has 1 aromatic carbocycles. The average molecular weight is 348 g/mol. The third-order valence-corrected chi connectivity index (χ3v) is 4.99. The number of furan rings is 1. The van der Waals surface area contributed by atoms with Crippen molar-refractivity contribution in [3.63, 3.8) is 0 Å². The van der Waals surface area contributed by atoms with Gasteiger partial charge in [0.1, 0.15) is 11.5 Å². The topological polar surface area (TPSA) is 71.3 Å². The number of carbonyl (C=O) groups is 1. The Hall–Kier alpha value is -2.08. The zero-order chi connectivity index (χ0) is 17.5. The molecule has 2 rings (SSSR count). The second-order valence-electron chi connectivity index (χ2n) is 5.76. The van der Waals surface area contributed by atoms with E-state index in [2.05, 4.69) is 10.6 Å². The van der Waals surface area contributed by atoms with Crippen LogP contribution < -0.4 is 10.6 Å². The molecule has 0 aliphatic carbocycles. The van der Waals surface area contributed by atoms with Crippen molar-refractivity contribution in [2.75, 3.05) is 12.3 Å². The van der Waals surface area contributed by atoms with Gasteiger partial charge in [-0.25, -0.2) is 4.79 Å². The van der Waals surface area contributed by atoms with Crippen LogP contribution in [0.15, 0.2) is 40.8 Å². The van der Waals surface area contributed by atoms with Gasteiger partial charge in [-0.05, 0) is 32.4 Å². The van der Waals surface area contributed by atoms with Crippen molar-refractivity contribution in [3.8, 4) is 0 Å². The van der Waals surface area contributed by atoms with Crippen molar-refractivity contribution in [1.29, 1.82) is 0 Å². The summed E-state index contributed by atoms with van der Waals surface area (Å²) in [5.41, 5.74) is 2.01. The summed E-state index contributed by atoms with van der Waals surface area (Å²) in [6.45, 7) is 6.04. The zero-order valence-corrected chi connectivity index (χ0v) is 15.1. The van der Waals surface area contributed by atoms with Crippen LogP contribution in [-0.4, -0.2) is 22.5 Å². The third-order valence-electron chi connectivity index (χ3n) is 3.68. The maximum absolute atomic E-state index is 12.0. The van der Waals surface area contributed by atoms with E-state index >= 15 is 0 Å². The monoisotopic (exact) mass is 348 g/mol. The van der Waals surface area contributed by atoms with E-state index < -0.39 is 10.8 Å². The predicted octanol–water partition coefficient (Wildman–Crippen LogP) is 3.21. The van der Waals surface area contributed by atoms with Crippen LogP contribution in [0.3, 0.4) is 0 Å². The molecular weight excluding hydrogens is 324 g/mol. The maximum Gasteiger partial charge on any atom is 0.315 e. The summed E-state index contributed by atoms with van der Waals surface area (Å²) in [6.07, 6.45) is 0. The third kappa shape index (κ3) is 5.53. The Balaban J connectivity index is 1.71. The van der Waals surface area contributed by atoms with Gasteiger partial charge in [0.05, 0.1) is 6.04 Å². The lowest BCUT2D eigenvalue weighted by molar-refractivity contribution is 0.238. The van der Waals surface area contributed by atoms with Crippen molar-refractivity contribution in [3.05, 3.63) is 59.0 Å². The number of hydrogen-bond donors (Lipinski definition) is 2. The van der Waals surface area contributed by atoms with Crippen LogP contribution in [-0.2, 0) is 16.6 Å². The fourth-order valence-electron chi connectivity index (χ4n) is 2.52. The van der Waals surface area contributed by atoms with Gasteiger partial charge < -0.3 is 15.1 Å². The van der Waals surface area contributed by atoms with Gasteiger partial charge in [0.2, 0.25) is 0 Å². The summed E-state index contributed by atoms with van der Waals surface area (Å²) in [7, 11) is -0.994. The Morgan fingerprint density at radius 2 is 1.96 bits per heavy atom. The number of amides is 2. The molecule has 2 atom stereocenters. The van der Waals surface area contributed by atoms with Gasteiger partial charge in [-0.3, -0.25) is 4.21 Å². The van der Waals surface area contributed by atoms with E-state index in [4.69, 9.17) is 4.42 Å². The fourth-order valence-corrected chi connectivity index (χ4v) is 3.55. The molecule has 0 spiro atoms. The molecule has 0 aliphatic heterocycles. The number of nitrogens with one attached hydrogen (secondary N) is 2. The summed E-state index contributed by atoms with van der Waals surface area (Å²) < 4.78 is 17.5. The lowest BCUT2D eigenvalue weighted by Crippen LogP contribution is -2.38. The Kier molecular flexibility index (Phi) is 6.61. The summed E-state index contributed by atoms with van der Waals surface area (Å²) >= 11 is 0. The first-order valence-corrected chi connectivity index (χ1v) is 9.44. The Morgan fingerprint density at radius 1 is 1.25 bits per heavy atom. The first-order chi connectivity index (χ1) is 11.5. The van der Waals surface area contributed by atoms with Crippen LogP contribution in [0.25, 0.3) is 0 Å². The van der Waals surface area contributed by atoms with Gasteiger partial charge in [0, 0.05) is 34.4 Å². The van der Waals surface area contributed by atoms with Gasteiger partial charge in [0.15, 0.2) is 0 Å². The van der Waals surface area contributed by atoms with Crippen LogP contribution in [0.4, 0.5) is 4.79 Å². The van der Waals surface area contributed by atoms with Gasteiger partial charge in [-0.1, -0.05) is 30.3 Å². The minimum atomic E-state index is -0.994. The molecule has 1 heterocycles. The highest BCUT2D eigenvalue weighted by atomic mass is 32.2. The van der Waals surface area contributed by atoms with Crippen LogP contribution in [0.1, 0.15) is 35.6 Å². The summed E-state index contributed by atoms with van der Waals surface area (Å²) in [4.78, 5) is 11.9. The number of aryl methyl sites for hydroxylation is 2. The van der Waals surface area contributed by atoms with Crippen molar-refractivity contribution in [1.82, 2.24) is 10.6 Å². The van der Waals surface area contributed by atoms with Crippen molar-refractivity contribution >= 4 is 16.8 Å². The van der Waals surface area contributed by atoms with E-state index in [9.17, 15) is 9.00 Å². The second kappa shape index (κ2) is 8.68. The lowest BCUT2D eigenvalue weighted by Gasteiger charge is -2.14. The Labute approximate surface area is 145 Å². The molecule has 0 fully saturated rings. The largest absolute Gasteiger partial charge is 0.466 e. The lowest BCUT2D eigenvalue weighted by atomic mass is 10.1. The first kappa shape index (κ1) is 18.3. The van der Waals surface area contributed by atoms with Gasteiger partial charge >= 0.3 is 6.03 Å². The Bertz CT molecular complexity index is 698. The summed E-state index contributed by atoms with van der Waals surface area (Å²) in [5, 5.41) is 5.62. The molecule has 0 aliphatic rings. The molecule has 6 heteroatoms. The first-order valence-electron chi connectivity index (χ1n) is 7.96. The van der Waals surface area contributed by atoms with Crippen molar-refractivity contribution in [2.45, 2.75) is 32.6 Å². The van der Waals surface area contributed by atoms with Crippen molar-refractivity contribution < 1.29 is 13.4 Å². The fraction of sp³-hybridized carbons (Fsp3) is 0.389. The van der Waals surface area contributed by atoms with Crippen molar-refractivity contribution in [2.24, 2.45) is 0 Å². The van der Waals surface area contributed by atoms with Gasteiger partial charge in [-0.15, -0.1) is 0 Å². The molecule has 0 radical (unpaired) electrons. The molecule has 0 saturated carbocycles. The highest BCUT2D eigenvalue weighted by molar-refractivity contribution is 7.84. The summed E-state index contributed by atoms with van der Waals surface area (Å²) in [6, 6.07) is 11.2.